The number of benzene rings is 1. The Morgan fingerprint density at radius 1 is 1.17 bits per heavy atom. The summed E-state index contributed by atoms with van der Waals surface area (Å²) in [6.45, 7) is 1.19. The van der Waals surface area contributed by atoms with Crippen LogP contribution in [0.25, 0.3) is 0 Å². The van der Waals surface area contributed by atoms with E-state index in [9.17, 15) is 9.59 Å². The number of carbonyl (C=O) groups excluding carboxylic acids is 2. The van der Waals surface area contributed by atoms with Crippen LogP contribution in [0.2, 0.25) is 0 Å². The van der Waals surface area contributed by atoms with Crippen molar-refractivity contribution in [1.82, 2.24) is 9.80 Å². The fourth-order valence-corrected chi connectivity index (χ4v) is 3.07. The summed E-state index contributed by atoms with van der Waals surface area (Å²) in [5, 5.41) is 18.1. The lowest BCUT2D eigenvalue weighted by Gasteiger charge is -2.34. The normalized spacial score (nSPS) is 17.8. The molecule has 6 heteroatoms. The Hall–Kier alpha value is -1.92. The maximum Gasteiger partial charge on any atom is 0.227 e. The molecule has 0 aliphatic carbocycles. The molecule has 0 aromatic heterocycles. The first-order valence-electron chi connectivity index (χ1n) is 8.48. The molecular formula is C18H26N2O4. The van der Waals surface area contributed by atoms with Crippen molar-refractivity contribution >= 4 is 11.8 Å². The van der Waals surface area contributed by atoms with Gasteiger partial charge in [0.1, 0.15) is 0 Å². The second-order valence-electron chi connectivity index (χ2n) is 6.08. The van der Waals surface area contributed by atoms with E-state index in [0.29, 0.717) is 25.9 Å². The predicted octanol–water partition coefficient (Wildman–Crippen LogP) is 0.281. The van der Waals surface area contributed by atoms with Crippen LogP contribution in [-0.4, -0.2) is 71.2 Å². The van der Waals surface area contributed by atoms with Crippen molar-refractivity contribution in [3.8, 4) is 0 Å². The highest BCUT2D eigenvalue weighted by atomic mass is 16.3. The van der Waals surface area contributed by atoms with Crippen LogP contribution in [0.3, 0.4) is 0 Å². The van der Waals surface area contributed by atoms with Gasteiger partial charge in [-0.1, -0.05) is 30.3 Å². The first-order valence-corrected chi connectivity index (χ1v) is 8.48. The number of piperidine rings is 1. The summed E-state index contributed by atoms with van der Waals surface area (Å²) in [7, 11) is 0. The Kier molecular flexibility index (Phi) is 7.21. The van der Waals surface area contributed by atoms with E-state index in [0.717, 1.165) is 6.42 Å². The molecule has 24 heavy (non-hydrogen) atoms. The molecule has 0 unspecified atom stereocenters. The number of aliphatic hydroxyl groups is 2. The first kappa shape index (κ1) is 18.4. The summed E-state index contributed by atoms with van der Waals surface area (Å²) >= 11 is 0. The van der Waals surface area contributed by atoms with Gasteiger partial charge in [0.15, 0.2) is 0 Å². The van der Waals surface area contributed by atoms with Crippen molar-refractivity contribution in [1.29, 1.82) is 0 Å². The van der Waals surface area contributed by atoms with Crippen LogP contribution in [0.15, 0.2) is 30.3 Å². The van der Waals surface area contributed by atoms with Gasteiger partial charge in [0, 0.05) is 32.6 Å². The van der Waals surface area contributed by atoms with Crippen molar-refractivity contribution < 1.29 is 19.8 Å². The van der Waals surface area contributed by atoms with Crippen LogP contribution in [0, 0.1) is 5.92 Å². The molecule has 1 atom stereocenters. The maximum absolute atomic E-state index is 12.6. The summed E-state index contributed by atoms with van der Waals surface area (Å²) in [4.78, 5) is 27.9. The summed E-state index contributed by atoms with van der Waals surface area (Å²) in [5.74, 6) is -0.252. The number of aliphatic hydroxyl groups excluding tert-OH is 2. The minimum absolute atomic E-state index is 0.0877. The van der Waals surface area contributed by atoms with Crippen molar-refractivity contribution in [2.24, 2.45) is 5.92 Å². The van der Waals surface area contributed by atoms with Gasteiger partial charge in [-0.25, -0.2) is 0 Å². The molecule has 2 amide bonds. The maximum atomic E-state index is 12.6. The van der Waals surface area contributed by atoms with Gasteiger partial charge >= 0.3 is 0 Å². The number of rotatable bonds is 8. The predicted molar refractivity (Wildman–Crippen MR) is 90.2 cm³/mol. The van der Waals surface area contributed by atoms with Crippen LogP contribution in [0.1, 0.15) is 18.4 Å². The summed E-state index contributed by atoms with van der Waals surface area (Å²) in [5.41, 5.74) is 1.17. The SMILES string of the molecule is O=C1CC[C@H](C(=O)N(CCO)CCO)CN1CCc1ccccc1. The minimum Gasteiger partial charge on any atom is -0.395 e. The van der Waals surface area contributed by atoms with E-state index in [2.05, 4.69) is 0 Å². The highest BCUT2D eigenvalue weighted by molar-refractivity contribution is 5.84. The number of likely N-dealkylation sites (tertiary alicyclic amines) is 1. The molecule has 2 rings (SSSR count). The van der Waals surface area contributed by atoms with Gasteiger partial charge in [-0.15, -0.1) is 0 Å². The van der Waals surface area contributed by atoms with Gasteiger partial charge in [0.05, 0.1) is 19.1 Å². The van der Waals surface area contributed by atoms with E-state index in [-0.39, 0.29) is 44.0 Å². The fourth-order valence-electron chi connectivity index (χ4n) is 3.07. The summed E-state index contributed by atoms with van der Waals surface area (Å²) in [6.07, 6.45) is 1.68. The smallest absolute Gasteiger partial charge is 0.227 e. The van der Waals surface area contributed by atoms with Crippen LogP contribution in [-0.2, 0) is 16.0 Å². The molecule has 0 radical (unpaired) electrons. The zero-order valence-electron chi connectivity index (χ0n) is 13.9. The molecule has 0 bridgehead atoms. The van der Waals surface area contributed by atoms with E-state index in [4.69, 9.17) is 10.2 Å². The largest absolute Gasteiger partial charge is 0.395 e. The average Bonchev–Trinajstić information content (AvgIpc) is 2.61. The Labute approximate surface area is 142 Å². The Morgan fingerprint density at radius 3 is 2.46 bits per heavy atom. The minimum atomic E-state index is -0.253. The number of nitrogens with zero attached hydrogens (tertiary/aromatic N) is 2. The van der Waals surface area contributed by atoms with Gasteiger partial charge in [-0.3, -0.25) is 9.59 Å². The van der Waals surface area contributed by atoms with E-state index in [1.54, 1.807) is 4.90 Å². The molecule has 1 aliphatic rings. The lowest BCUT2D eigenvalue weighted by atomic mass is 9.95. The van der Waals surface area contributed by atoms with Crippen LogP contribution < -0.4 is 0 Å². The number of hydrogen-bond acceptors (Lipinski definition) is 4. The van der Waals surface area contributed by atoms with Gasteiger partial charge < -0.3 is 20.0 Å². The van der Waals surface area contributed by atoms with E-state index >= 15 is 0 Å². The summed E-state index contributed by atoms with van der Waals surface area (Å²) < 4.78 is 0. The molecule has 132 valence electrons. The quantitative estimate of drug-likeness (QED) is 0.716. The molecular weight excluding hydrogens is 308 g/mol. The molecule has 1 fully saturated rings. The van der Waals surface area contributed by atoms with Crippen molar-refractivity contribution in [2.75, 3.05) is 39.4 Å². The van der Waals surface area contributed by atoms with Gasteiger partial charge in [-0.2, -0.15) is 0 Å². The van der Waals surface area contributed by atoms with Crippen LogP contribution in [0.5, 0.6) is 0 Å². The zero-order valence-corrected chi connectivity index (χ0v) is 13.9. The van der Waals surface area contributed by atoms with Gasteiger partial charge in [0.25, 0.3) is 0 Å². The highest BCUT2D eigenvalue weighted by Crippen LogP contribution is 2.20. The van der Waals surface area contributed by atoms with Crippen molar-refractivity contribution in [3.63, 3.8) is 0 Å². The molecule has 0 spiro atoms. The standard InChI is InChI=1S/C18H26N2O4/c21-12-10-19(11-13-22)18(24)16-6-7-17(23)20(14-16)9-8-15-4-2-1-3-5-15/h1-5,16,21-22H,6-14H2/t16-/m0/s1. The van der Waals surface area contributed by atoms with Crippen LogP contribution >= 0.6 is 0 Å². The monoisotopic (exact) mass is 334 g/mol. The average molecular weight is 334 g/mol. The molecule has 1 aromatic rings. The number of carbonyl (C=O) groups is 2. The molecule has 1 aliphatic heterocycles. The number of hydrogen-bond donors (Lipinski definition) is 2. The third-order valence-electron chi connectivity index (χ3n) is 4.41. The zero-order chi connectivity index (χ0) is 17.4. The van der Waals surface area contributed by atoms with Gasteiger partial charge in [-0.05, 0) is 18.4 Å². The van der Waals surface area contributed by atoms with Crippen molar-refractivity contribution in [3.05, 3.63) is 35.9 Å². The molecule has 6 nitrogen and oxygen atoms in total. The van der Waals surface area contributed by atoms with E-state index < -0.39 is 0 Å². The molecule has 1 aromatic carbocycles. The second-order valence-corrected chi connectivity index (χ2v) is 6.08. The molecule has 2 N–H and O–H groups in total. The molecule has 1 heterocycles. The highest BCUT2D eigenvalue weighted by Gasteiger charge is 2.32. The van der Waals surface area contributed by atoms with Crippen molar-refractivity contribution in [2.45, 2.75) is 19.3 Å². The third-order valence-corrected chi connectivity index (χ3v) is 4.41. The molecule has 1 saturated heterocycles. The Balaban J connectivity index is 1.93. The second kappa shape index (κ2) is 9.39. The molecule has 0 saturated carbocycles. The fraction of sp³-hybridized carbons (Fsp3) is 0.556. The summed E-state index contributed by atoms with van der Waals surface area (Å²) in [6, 6.07) is 9.96. The Morgan fingerprint density at radius 2 is 1.83 bits per heavy atom. The topological polar surface area (TPSA) is 81.1 Å². The van der Waals surface area contributed by atoms with E-state index in [1.165, 1.54) is 10.5 Å². The van der Waals surface area contributed by atoms with Crippen LogP contribution in [0.4, 0.5) is 0 Å². The lowest BCUT2D eigenvalue weighted by molar-refractivity contribution is -0.143. The third kappa shape index (κ3) is 5.04. The lowest BCUT2D eigenvalue weighted by Crippen LogP contribution is -2.48. The van der Waals surface area contributed by atoms with Gasteiger partial charge in [0.2, 0.25) is 11.8 Å². The number of amides is 2. The Bertz CT molecular complexity index is 529. The van der Waals surface area contributed by atoms with E-state index in [1.807, 2.05) is 30.3 Å². The first-order chi connectivity index (χ1) is 11.7.